The average Bonchev–Trinajstić information content (AvgIpc) is 3.02. The van der Waals surface area contributed by atoms with Crippen LogP contribution in [0.15, 0.2) is 29.2 Å². The molecule has 9 heteroatoms. The van der Waals surface area contributed by atoms with Crippen molar-refractivity contribution < 1.29 is 31.5 Å². The number of carbonyl (C=O) groups excluding carboxylic acids is 2. The lowest BCUT2D eigenvalue weighted by molar-refractivity contribution is -0.145. The largest absolute Gasteiger partial charge is 0.469 e. The quantitative estimate of drug-likeness (QED) is 0.807. The second-order valence-corrected chi connectivity index (χ2v) is 7.39. The van der Waals surface area contributed by atoms with Crippen molar-refractivity contribution in [2.75, 3.05) is 7.11 Å². The van der Waals surface area contributed by atoms with Crippen LogP contribution >= 0.6 is 0 Å². The van der Waals surface area contributed by atoms with Gasteiger partial charge in [-0.25, -0.2) is 8.42 Å². The normalized spacial score (nSPS) is 20.8. The Balaban J connectivity index is 2.09. The fourth-order valence-electron chi connectivity index (χ4n) is 2.72. The molecule has 0 heterocycles. The summed E-state index contributed by atoms with van der Waals surface area (Å²) >= 11 is 0. The van der Waals surface area contributed by atoms with Crippen molar-refractivity contribution in [1.29, 1.82) is 0 Å². The number of alkyl halides is 2. The predicted molar refractivity (Wildman–Crippen MR) is 80.2 cm³/mol. The molecule has 6 nitrogen and oxygen atoms in total. The molecule has 132 valence electrons. The van der Waals surface area contributed by atoms with E-state index in [0.29, 0.717) is 12.8 Å². The first-order chi connectivity index (χ1) is 11.3. The first kappa shape index (κ1) is 18.3. The van der Waals surface area contributed by atoms with E-state index in [2.05, 4.69) is 5.32 Å². The van der Waals surface area contributed by atoms with Crippen molar-refractivity contribution in [3.8, 4) is 0 Å². The summed E-state index contributed by atoms with van der Waals surface area (Å²) in [6.45, 7) is 0. The zero-order valence-electron chi connectivity index (χ0n) is 12.9. The summed E-state index contributed by atoms with van der Waals surface area (Å²) in [5, 5.41) is 2.70. The first-order valence-corrected chi connectivity index (χ1v) is 8.83. The van der Waals surface area contributed by atoms with Gasteiger partial charge in [-0.3, -0.25) is 9.59 Å². The molecule has 1 aromatic rings. The van der Waals surface area contributed by atoms with E-state index in [1.807, 2.05) is 0 Å². The number of sulfone groups is 1. The molecule has 2 rings (SSSR count). The van der Waals surface area contributed by atoms with E-state index in [4.69, 9.17) is 4.74 Å². The number of nitrogens with one attached hydrogen (secondary N) is 1. The fourth-order valence-corrected chi connectivity index (χ4v) is 3.44. The van der Waals surface area contributed by atoms with E-state index >= 15 is 0 Å². The SMILES string of the molecule is COC(=O)[C@@H]1CCC[C@H]1NC(=O)c1ccc(S(=O)(=O)C(F)F)cc1. The number of amides is 1. The number of carbonyl (C=O) groups is 2. The number of esters is 1. The Morgan fingerprint density at radius 1 is 1.21 bits per heavy atom. The summed E-state index contributed by atoms with van der Waals surface area (Å²) in [6, 6.07) is 3.87. The van der Waals surface area contributed by atoms with Gasteiger partial charge in [0.2, 0.25) is 9.84 Å². The van der Waals surface area contributed by atoms with Crippen molar-refractivity contribution in [2.24, 2.45) is 5.92 Å². The van der Waals surface area contributed by atoms with Crippen molar-refractivity contribution in [1.82, 2.24) is 5.32 Å². The molecule has 2 atom stereocenters. The molecule has 1 aliphatic carbocycles. The minimum Gasteiger partial charge on any atom is -0.469 e. The Morgan fingerprint density at radius 3 is 2.38 bits per heavy atom. The molecule has 1 saturated carbocycles. The molecule has 0 bridgehead atoms. The molecule has 0 unspecified atom stereocenters. The standard InChI is InChI=1S/C15H17F2NO5S/c1-23-14(20)11-3-2-4-12(11)18-13(19)9-5-7-10(8-6-9)24(21,22)15(16)17/h5-8,11-12,15H,2-4H2,1H3,(H,18,19)/t11-,12-/m1/s1. The summed E-state index contributed by atoms with van der Waals surface area (Å²) in [5.41, 5.74) is 0.124. The van der Waals surface area contributed by atoms with Crippen LogP contribution in [0, 0.1) is 5.92 Å². The van der Waals surface area contributed by atoms with Gasteiger partial charge in [0, 0.05) is 11.6 Å². The number of hydrogen-bond acceptors (Lipinski definition) is 5. The molecule has 1 amide bonds. The van der Waals surface area contributed by atoms with Crippen LogP contribution in [0.5, 0.6) is 0 Å². The van der Waals surface area contributed by atoms with Crippen LogP contribution in [0.3, 0.4) is 0 Å². The minimum absolute atomic E-state index is 0.124. The van der Waals surface area contributed by atoms with E-state index < -0.39 is 38.3 Å². The molecule has 1 aliphatic rings. The molecule has 1 N–H and O–H groups in total. The lowest BCUT2D eigenvalue weighted by Gasteiger charge is -2.19. The maximum atomic E-state index is 12.5. The highest BCUT2D eigenvalue weighted by molar-refractivity contribution is 7.91. The smallest absolute Gasteiger partial charge is 0.341 e. The van der Waals surface area contributed by atoms with Gasteiger partial charge < -0.3 is 10.1 Å². The zero-order valence-corrected chi connectivity index (χ0v) is 13.7. The lowest BCUT2D eigenvalue weighted by Crippen LogP contribution is -2.40. The second kappa shape index (κ2) is 7.25. The van der Waals surface area contributed by atoms with Crippen LogP contribution in [0.1, 0.15) is 29.6 Å². The summed E-state index contributed by atoms with van der Waals surface area (Å²) in [4.78, 5) is 23.3. The van der Waals surface area contributed by atoms with Gasteiger partial charge in [-0.2, -0.15) is 8.78 Å². The Hall–Kier alpha value is -2.03. The molecule has 0 saturated heterocycles. The molecular weight excluding hydrogens is 344 g/mol. The van der Waals surface area contributed by atoms with Crippen molar-refractivity contribution in [3.05, 3.63) is 29.8 Å². The third-order valence-corrected chi connectivity index (χ3v) is 5.41. The van der Waals surface area contributed by atoms with Crippen LogP contribution in [-0.4, -0.2) is 39.2 Å². The summed E-state index contributed by atoms with van der Waals surface area (Å²) < 4.78 is 52.3. The molecule has 0 aliphatic heterocycles. The number of benzene rings is 1. The first-order valence-electron chi connectivity index (χ1n) is 7.28. The average molecular weight is 361 g/mol. The zero-order chi connectivity index (χ0) is 17.9. The van der Waals surface area contributed by atoms with E-state index in [-0.39, 0.29) is 11.6 Å². The third kappa shape index (κ3) is 3.72. The van der Waals surface area contributed by atoms with Crippen LogP contribution in [-0.2, 0) is 19.4 Å². The van der Waals surface area contributed by atoms with E-state index in [9.17, 15) is 26.8 Å². The van der Waals surface area contributed by atoms with Gasteiger partial charge in [-0.15, -0.1) is 0 Å². The van der Waals surface area contributed by atoms with Crippen LogP contribution in [0.2, 0.25) is 0 Å². The summed E-state index contributed by atoms with van der Waals surface area (Å²) in [5.74, 6) is -4.83. The molecule has 1 fully saturated rings. The van der Waals surface area contributed by atoms with Crippen LogP contribution in [0.4, 0.5) is 8.78 Å². The monoisotopic (exact) mass is 361 g/mol. The Kier molecular flexibility index (Phi) is 5.53. The van der Waals surface area contributed by atoms with Crippen molar-refractivity contribution in [3.63, 3.8) is 0 Å². The Morgan fingerprint density at radius 2 is 1.83 bits per heavy atom. The van der Waals surface area contributed by atoms with E-state index in [1.165, 1.54) is 7.11 Å². The summed E-state index contributed by atoms with van der Waals surface area (Å²) in [6.07, 6.45) is 2.02. The molecule has 1 aromatic carbocycles. The van der Waals surface area contributed by atoms with Crippen LogP contribution in [0.25, 0.3) is 0 Å². The van der Waals surface area contributed by atoms with Gasteiger partial charge in [-0.05, 0) is 37.1 Å². The van der Waals surface area contributed by atoms with Crippen LogP contribution < -0.4 is 5.32 Å². The number of methoxy groups -OCH3 is 1. The lowest BCUT2D eigenvalue weighted by atomic mass is 10.0. The molecule has 0 aromatic heterocycles. The van der Waals surface area contributed by atoms with Gasteiger partial charge >= 0.3 is 11.7 Å². The molecule has 24 heavy (non-hydrogen) atoms. The van der Waals surface area contributed by atoms with Crippen molar-refractivity contribution in [2.45, 2.75) is 36.0 Å². The summed E-state index contributed by atoms with van der Waals surface area (Å²) in [7, 11) is -3.41. The topological polar surface area (TPSA) is 89.5 Å². The van der Waals surface area contributed by atoms with Gasteiger partial charge in [0.15, 0.2) is 0 Å². The number of hydrogen-bond donors (Lipinski definition) is 1. The maximum absolute atomic E-state index is 12.5. The Bertz CT molecular complexity index is 718. The van der Waals surface area contributed by atoms with Gasteiger partial charge in [0.05, 0.1) is 17.9 Å². The predicted octanol–water partition coefficient (Wildman–Crippen LogP) is 1.75. The van der Waals surface area contributed by atoms with Gasteiger partial charge in [0.25, 0.3) is 5.91 Å². The second-order valence-electron chi connectivity index (χ2n) is 5.47. The van der Waals surface area contributed by atoms with E-state index in [1.54, 1.807) is 0 Å². The number of ether oxygens (including phenoxy) is 1. The van der Waals surface area contributed by atoms with Gasteiger partial charge in [0.1, 0.15) is 0 Å². The highest BCUT2D eigenvalue weighted by Crippen LogP contribution is 2.27. The van der Waals surface area contributed by atoms with Gasteiger partial charge in [-0.1, -0.05) is 6.42 Å². The van der Waals surface area contributed by atoms with E-state index in [0.717, 1.165) is 30.7 Å². The third-order valence-electron chi connectivity index (χ3n) is 4.02. The van der Waals surface area contributed by atoms with Crippen molar-refractivity contribution >= 4 is 21.7 Å². The minimum atomic E-state index is -4.69. The highest BCUT2D eigenvalue weighted by Gasteiger charge is 2.35. The molecular formula is C15H17F2NO5S. The number of rotatable bonds is 5. The highest BCUT2D eigenvalue weighted by atomic mass is 32.2. The molecule has 0 radical (unpaired) electrons. The maximum Gasteiger partial charge on any atom is 0.341 e. The number of halogens is 2. The Labute approximate surface area is 138 Å². The molecule has 0 spiro atoms. The fraction of sp³-hybridized carbons (Fsp3) is 0.467.